The standard InChI is InChI=1S/C26H24ClFN4O4S2/c27-15-2-1-3-16(10-15)29-23(33)14-38-26(37)31-8-6-30(7-9-31)22-12-21-18(11-20(22)28)24(34)19(25(35)36)13-32(21)17-4-5-17/h1-3,10-13,17H,4-9,14H2,(H,29,33)(H,35,36). The second-order valence-electron chi connectivity index (χ2n) is 9.22. The van der Waals surface area contributed by atoms with Crippen LogP contribution >= 0.6 is 35.6 Å². The topological polar surface area (TPSA) is 94.9 Å². The Hall–Kier alpha value is -3.15. The number of thiocarbonyl (C=S) groups is 1. The maximum absolute atomic E-state index is 15.2. The Kier molecular flexibility index (Phi) is 7.60. The van der Waals surface area contributed by atoms with Crippen molar-refractivity contribution in [2.24, 2.45) is 0 Å². The van der Waals surface area contributed by atoms with Gasteiger partial charge in [-0.25, -0.2) is 9.18 Å². The number of carbonyl (C=O) groups excluding carboxylic acids is 1. The van der Waals surface area contributed by atoms with Crippen LogP contribution in [0.5, 0.6) is 0 Å². The van der Waals surface area contributed by atoms with Crippen molar-refractivity contribution in [3.8, 4) is 0 Å². The summed E-state index contributed by atoms with van der Waals surface area (Å²) in [6, 6.07) is 9.83. The van der Waals surface area contributed by atoms with E-state index < -0.39 is 17.2 Å². The highest BCUT2D eigenvalue weighted by Crippen LogP contribution is 2.38. The number of benzene rings is 2. The molecular formula is C26H24ClFN4O4S2. The summed E-state index contributed by atoms with van der Waals surface area (Å²) in [7, 11) is 0. The molecule has 0 atom stereocenters. The maximum atomic E-state index is 15.2. The van der Waals surface area contributed by atoms with Crippen LogP contribution in [-0.2, 0) is 4.79 Å². The Morgan fingerprint density at radius 3 is 2.55 bits per heavy atom. The first kappa shape index (κ1) is 26.5. The van der Waals surface area contributed by atoms with Crippen molar-refractivity contribution in [3.05, 3.63) is 69.2 Å². The number of anilines is 2. The van der Waals surface area contributed by atoms with E-state index >= 15 is 4.39 Å². The lowest BCUT2D eigenvalue weighted by Gasteiger charge is -2.37. The lowest BCUT2D eigenvalue weighted by Crippen LogP contribution is -2.48. The minimum Gasteiger partial charge on any atom is -0.477 e. The molecule has 1 aromatic heterocycles. The lowest BCUT2D eigenvalue weighted by molar-refractivity contribution is -0.113. The van der Waals surface area contributed by atoms with Gasteiger partial charge < -0.3 is 24.8 Å². The lowest BCUT2D eigenvalue weighted by atomic mass is 10.1. The number of rotatable bonds is 6. The van der Waals surface area contributed by atoms with Crippen LogP contribution in [0.2, 0.25) is 5.02 Å². The smallest absolute Gasteiger partial charge is 0.341 e. The number of thioether (sulfide) groups is 1. The third-order valence-corrected chi connectivity index (χ3v) is 8.34. The second kappa shape index (κ2) is 10.9. The zero-order valence-electron chi connectivity index (χ0n) is 20.2. The number of aromatic carboxylic acids is 1. The molecule has 1 amide bonds. The largest absolute Gasteiger partial charge is 0.477 e. The highest BCUT2D eigenvalue weighted by Gasteiger charge is 2.29. The van der Waals surface area contributed by atoms with Crippen molar-refractivity contribution in [2.75, 3.05) is 42.1 Å². The Morgan fingerprint density at radius 2 is 1.89 bits per heavy atom. The summed E-state index contributed by atoms with van der Waals surface area (Å²) in [4.78, 5) is 40.5. The molecule has 0 unspecified atom stereocenters. The molecular weight excluding hydrogens is 551 g/mol. The summed E-state index contributed by atoms with van der Waals surface area (Å²) in [6.07, 6.45) is 3.14. The minimum atomic E-state index is -1.32. The molecule has 5 rings (SSSR count). The molecule has 0 bridgehead atoms. The Labute approximate surface area is 232 Å². The van der Waals surface area contributed by atoms with Gasteiger partial charge in [-0.15, -0.1) is 0 Å². The van der Waals surface area contributed by atoms with E-state index in [1.807, 2.05) is 9.80 Å². The monoisotopic (exact) mass is 574 g/mol. The predicted octanol–water partition coefficient (Wildman–Crippen LogP) is 4.61. The van der Waals surface area contributed by atoms with Crippen molar-refractivity contribution in [1.82, 2.24) is 9.47 Å². The summed E-state index contributed by atoms with van der Waals surface area (Å²) in [5.74, 6) is -1.92. The third-order valence-electron chi connectivity index (χ3n) is 6.59. The van der Waals surface area contributed by atoms with Crippen LogP contribution in [0.1, 0.15) is 29.2 Å². The highest BCUT2D eigenvalue weighted by atomic mass is 35.5. The number of hydrogen-bond donors (Lipinski definition) is 2. The SMILES string of the molecule is O=C(CSC(=S)N1CCN(c2cc3c(cc2F)c(=O)c(C(=O)O)cn3C2CC2)CC1)Nc1cccc(Cl)c1. The summed E-state index contributed by atoms with van der Waals surface area (Å²) >= 11 is 12.8. The minimum absolute atomic E-state index is 0.0744. The van der Waals surface area contributed by atoms with Crippen molar-refractivity contribution >= 4 is 74.1 Å². The van der Waals surface area contributed by atoms with E-state index in [1.165, 1.54) is 18.0 Å². The molecule has 2 aliphatic rings. The first-order valence-corrected chi connectivity index (χ1v) is 13.8. The zero-order valence-corrected chi connectivity index (χ0v) is 22.5. The van der Waals surface area contributed by atoms with E-state index in [2.05, 4.69) is 5.32 Å². The number of aromatic nitrogens is 1. The number of pyridine rings is 1. The highest BCUT2D eigenvalue weighted by molar-refractivity contribution is 8.23. The number of hydrogen-bond acceptors (Lipinski definition) is 6. The molecule has 0 radical (unpaired) electrons. The molecule has 1 aliphatic carbocycles. The van der Waals surface area contributed by atoms with Gasteiger partial charge in [-0.1, -0.05) is 41.6 Å². The van der Waals surface area contributed by atoms with Gasteiger partial charge in [-0.05, 0) is 43.2 Å². The van der Waals surface area contributed by atoms with Gasteiger partial charge in [0, 0.05) is 54.5 Å². The fourth-order valence-electron chi connectivity index (χ4n) is 4.52. The molecule has 3 aromatic rings. The molecule has 1 saturated carbocycles. The molecule has 2 aromatic carbocycles. The van der Waals surface area contributed by atoms with Gasteiger partial charge in [0.2, 0.25) is 11.3 Å². The molecule has 12 heteroatoms. The van der Waals surface area contributed by atoms with Gasteiger partial charge >= 0.3 is 5.97 Å². The predicted molar refractivity (Wildman–Crippen MR) is 152 cm³/mol. The Balaban J connectivity index is 1.24. The van der Waals surface area contributed by atoms with Crippen molar-refractivity contribution < 1.29 is 19.1 Å². The number of amides is 1. The maximum Gasteiger partial charge on any atom is 0.341 e. The number of carboxylic acids is 1. The normalized spacial score (nSPS) is 15.5. The molecule has 198 valence electrons. The van der Waals surface area contributed by atoms with E-state index in [-0.39, 0.29) is 28.7 Å². The number of nitrogens with zero attached hydrogens (tertiary/aromatic N) is 3. The Morgan fingerprint density at radius 1 is 1.16 bits per heavy atom. The molecule has 8 nitrogen and oxygen atoms in total. The fourth-order valence-corrected chi connectivity index (χ4v) is 5.76. The number of nitrogens with one attached hydrogen (secondary N) is 1. The van der Waals surface area contributed by atoms with Crippen LogP contribution in [-0.4, -0.2) is 62.7 Å². The van der Waals surface area contributed by atoms with Crippen LogP contribution in [0, 0.1) is 5.82 Å². The number of halogens is 2. The number of piperazine rings is 1. The fraction of sp³-hybridized carbons (Fsp3) is 0.308. The summed E-state index contributed by atoms with van der Waals surface area (Å²) < 4.78 is 17.6. The van der Waals surface area contributed by atoms with Gasteiger partial charge in [-0.3, -0.25) is 9.59 Å². The van der Waals surface area contributed by atoms with Gasteiger partial charge in [0.15, 0.2) is 0 Å². The molecule has 0 spiro atoms. The van der Waals surface area contributed by atoms with Crippen molar-refractivity contribution in [3.63, 3.8) is 0 Å². The van der Waals surface area contributed by atoms with Gasteiger partial charge in [0.1, 0.15) is 15.7 Å². The van der Waals surface area contributed by atoms with E-state index in [9.17, 15) is 19.5 Å². The average molecular weight is 575 g/mol. The molecule has 1 saturated heterocycles. The average Bonchev–Trinajstić information content (AvgIpc) is 3.73. The van der Waals surface area contributed by atoms with E-state index in [4.69, 9.17) is 23.8 Å². The van der Waals surface area contributed by atoms with Gasteiger partial charge in [-0.2, -0.15) is 0 Å². The summed E-state index contributed by atoms with van der Waals surface area (Å²) in [5.41, 5.74) is 0.497. The third kappa shape index (κ3) is 5.64. The van der Waals surface area contributed by atoms with E-state index in [1.54, 1.807) is 34.9 Å². The van der Waals surface area contributed by atoms with Gasteiger partial charge in [0.05, 0.1) is 17.0 Å². The first-order valence-electron chi connectivity index (χ1n) is 12.0. The molecule has 1 aliphatic heterocycles. The quantitative estimate of drug-likeness (QED) is 0.412. The molecule has 38 heavy (non-hydrogen) atoms. The Bertz CT molecular complexity index is 1500. The van der Waals surface area contributed by atoms with Crippen LogP contribution in [0.4, 0.5) is 15.8 Å². The number of fused-ring (bicyclic) bond motifs is 1. The van der Waals surface area contributed by atoms with Crippen LogP contribution in [0.15, 0.2) is 47.4 Å². The second-order valence-corrected chi connectivity index (χ2v) is 11.3. The molecule has 2 fully saturated rings. The van der Waals surface area contributed by atoms with Gasteiger partial charge in [0.25, 0.3) is 0 Å². The number of carboxylic acid groups (broad SMARTS) is 1. The van der Waals surface area contributed by atoms with Crippen LogP contribution < -0.4 is 15.6 Å². The zero-order chi connectivity index (χ0) is 27.0. The first-order chi connectivity index (χ1) is 18.2. The van der Waals surface area contributed by atoms with Crippen molar-refractivity contribution in [1.29, 1.82) is 0 Å². The number of carbonyl (C=O) groups is 2. The molecule has 2 N–H and O–H groups in total. The van der Waals surface area contributed by atoms with E-state index in [0.29, 0.717) is 52.4 Å². The van der Waals surface area contributed by atoms with E-state index in [0.717, 1.165) is 18.9 Å². The molecule has 2 heterocycles. The van der Waals surface area contributed by atoms with Crippen LogP contribution in [0.25, 0.3) is 10.9 Å². The summed E-state index contributed by atoms with van der Waals surface area (Å²) in [5, 5.41) is 12.8. The summed E-state index contributed by atoms with van der Waals surface area (Å²) in [6.45, 7) is 2.09. The van der Waals surface area contributed by atoms with Crippen LogP contribution in [0.3, 0.4) is 0 Å². The van der Waals surface area contributed by atoms with Crippen molar-refractivity contribution in [2.45, 2.75) is 18.9 Å².